The second-order valence-electron chi connectivity index (χ2n) is 5.28. The molecule has 0 aromatic carbocycles. The molecule has 2 fully saturated rings. The summed E-state index contributed by atoms with van der Waals surface area (Å²) in [4.78, 5) is 22.7. The first kappa shape index (κ1) is 13.1. The van der Waals surface area contributed by atoms with Crippen LogP contribution >= 0.6 is 0 Å². The van der Waals surface area contributed by atoms with Gasteiger partial charge in [-0.15, -0.1) is 0 Å². The third kappa shape index (κ3) is 3.60. The molecule has 2 amide bonds. The second-order valence-corrected chi connectivity index (χ2v) is 5.28. The van der Waals surface area contributed by atoms with E-state index in [0.29, 0.717) is 12.8 Å². The standard InChI is InChI=1S/C12H20N2O4/c15-9-5-3-8(4-6-9)13-12(18)14-10(11(16)17)7-1-2-7/h7-10,15H,1-6H2,(H,16,17)(H2,13,14,18). The van der Waals surface area contributed by atoms with Crippen molar-refractivity contribution < 1.29 is 19.8 Å². The number of carboxylic acids is 1. The van der Waals surface area contributed by atoms with Gasteiger partial charge in [0.15, 0.2) is 0 Å². The molecule has 0 aromatic heterocycles. The highest BCUT2D eigenvalue weighted by atomic mass is 16.4. The minimum atomic E-state index is -0.966. The number of hydrogen-bond donors (Lipinski definition) is 4. The fourth-order valence-corrected chi connectivity index (χ4v) is 2.40. The summed E-state index contributed by atoms with van der Waals surface area (Å²) in [6.07, 6.45) is 4.35. The molecule has 0 aromatic rings. The number of aliphatic hydroxyl groups excluding tert-OH is 1. The summed E-state index contributed by atoms with van der Waals surface area (Å²) in [5, 5.41) is 23.7. The predicted molar refractivity (Wildman–Crippen MR) is 64.1 cm³/mol. The number of aliphatic hydroxyl groups is 1. The normalized spacial score (nSPS) is 29.4. The highest BCUT2D eigenvalue weighted by Crippen LogP contribution is 2.32. The van der Waals surface area contributed by atoms with Crippen LogP contribution in [0.15, 0.2) is 0 Å². The van der Waals surface area contributed by atoms with Gasteiger partial charge in [0.2, 0.25) is 0 Å². The minimum Gasteiger partial charge on any atom is -0.480 e. The first-order chi connectivity index (χ1) is 8.56. The Bertz CT molecular complexity index is 322. The van der Waals surface area contributed by atoms with Crippen LogP contribution in [0, 0.1) is 5.92 Å². The van der Waals surface area contributed by atoms with Gasteiger partial charge in [0.05, 0.1) is 6.10 Å². The fourth-order valence-electron chi connectivity index (χ4n) is 2.40. The molecule has 102 valence electrons. The van der Waals surface area contributed by atoms with Crippen LogP contribution in [0.3, 0.4) is 0 Å². The van der Waals surface area contributed by atoms with E-state index in [9.17, 15) is 14.7 Å². The van der Waals surface area contributed by atoms with Gasteiger partial charge in [-0.2, -0.15) is 0 Å². The van der Waals surface area contributed by atoms with E-state index >= 15 is 0 Å². The zero-order valence-electron chi connectivity index (χ0n) is 10.3. The molecule has 6 heteroatoms. The van der Waals surface area contributed by atoms with Gasteiger partial charge in [0.1, 0.15) is 6.04 Å². The first-order valence-corrected chi connectivity index (χ1v) is 6.54. The number of nitrogens with one attached hydrogen (secondary N) is 2. The minimum absolute atomic E-state index is 0.0436. The Hall–Kier alpha value is -1.30. The van der Waals surface area contributed by atoms with Crippen LogP contribution in [0.5, 0.6) is 0 Å². The number of hydrogen-bond acceptors (Lipinski definition) is 3. The van der Waals surface area contributed by atoms with Gasteiger partial charge in [-0.05, 0) is 44.4 Å². The fraction of sp³-hybridized carbons (Fsp3) is 0.833. The molecule has 2 saturated carbocycles. The molecule has 0 radical (unpaired) electrons. The third-order valence-electron chi connectivity index (χ3n) is 3.68. The van der Waals surface area contributed by atoms with Crippen LogP contribution < -0.4 is 10.6 Å². The lowest BCUT2D eigenvalue weighted by Gasteiger charge is -2.26. The monoisotopic (exact) mass is 256 g/mol. The summed E-state index contributed by atoms with van der Waals surface area (Å²) >= 11 is 0. The highest BCUT2D eigenvalue weighted by Gasteiger charge is 2.37. The van der Waals surface area contributed by atoms with Gasteiger partial charge in [0, 0.05) is 6.04 Å². The van der Waals surface area contributed by atoms with Gasteiger partial charge in [-0.25, -0.2) is 9.59 Å². The summed E-state index contributed by atoms with van der Waals surface area (Å²) < 4.78 is 0. The lowest BCUT2D eigenvalue weighted by molar-refractivity contribution is -0.139. The Labute approximate surface area is 106 Å². The predicted octanol–water partition coefficient (Wildman–Crippen LogP) is 0.452. The topological polar surface area (TPSA) is 98.7 Å². The molecule has 1 atom stereocenters. The van der Waals surface area contributed by atoms with Crippen LogP contribution in [0.25, 0.3) is 0 Å². The van der Waals surface area contributed by atoms with Crippen molar-refractivity contribution in [3.05, 3.63) is 0 Å². The maximum atomic E-state index is 11.7. The Kier molecular flexibility index (Phi) is 4.06. The van der Waals surface area contributed by atoms with Crippen LogP contribution in [0.1, 0.15) is 38.5 Å². The maximum Gasteiger partial charge on any atom is 0.326 e. The Balaban J connectivity index is 1.75. The number of rotatable bonds is 4. The molecule has 0 bridgehead atoms. The van der Waals surface area contributed by atoms with Gasteiger partial charge in [-0.3, -0.25) is 0 Å². The van der Waals surface area contributed by atoms with Crippen LogP contribution in [0.2, 0.25) is 0 Å². The molecule has 4 N–H and O–H groups in total. The van der Waals surface area contributed by atoms with Crippen molar-refractivity contribution in [3.8, 4) is 0 Å². The quantitative estimate of drug-likeness (QED) is 0.587. The molecule has 0 heterocycles. The molecule has 6 nitrogen and oxygen atoms in total. The van der Waals surface area contributed by atoms with E-state index in [0.717, 1.165) is 25.7 Å². The van der Waals surface area contributed by atoms with Gasteiger partial charge < -0.3 is 20.8 Å². The van der Waals surface area contributed by atoms with Crippen LogP contribution in [0.4, 0.5) is 4.79 Å². The second kappa shape index (κ2) is 5.56. The Morgan fingerprint density at radius 2 is 1.67 bits per heavy atom. The zero-order valence-corrected chi connectivity index (χ0v) is 10.3. The number of amides is 2. The summed E-state index contributed by atoms with van der Waals surface area (Å²) in [6, 6.07) is -1.13. The molecule has 1 unspecified atom stereocenters. The number of urea groups is 1. The molecule has 2 rings (SSSR count). The van der Waals surface area contributed by atoms with E-state index in [1.54, 1.807) is 0 Å². The van der Waals surface area contributed by atoms with Crippen molar-refractivity contribution >= 4 is 12.0 Å². The summed E-state index contributed by atoms with van der Waals surface area (Å²) in [5.41, 5.74) is 0. The van der Waals surface area contributed by atoms with Crippen molar-refractivity contribution in [2.45, 2.75) is 56.7 Å². The van der Waals surface area contributed by atoms with E-state index in [1.165, 1.54) is 0 Å². The van der Waals surface area contributed by atoms with E-state index in [1.807, 2.05) is 0 Å². The number of carbonyl (C=O) groups is 2. The molecule has 0 spiro atoms. The molecular formula is C12H20N2O4. The van der Waals surface area contributed by atoms with E-state index in [4.69, 9.17) is 5.11 Å². The SMILES string of the molecule is O=C(NC1CCC(O)CC1)NC(C(=O)O)C1CC1. The molecule has 2 aliphatic carbocycles. The number of carboxylic acid groups (broad SMARTS) is 1. The molecular weight excluding hydrogens is 236 g/mol. The van der Waals surface area contributed by atoms with Crippen molar-refractivity contribution in [3.63, 3.8) is 0 Å². The molecule has 2 aliphatic rings. The lowest BCUT2D eigenvalue weighted by atomic mass is 9.93. The average Bonchev–Trinajstić information content (AvgIpc) is 3.13. The Morgan fingerprint density at radius 1 is 1.06 bits per heavy atom. The van der Waals surface area contributed by atoms with Crippen molar-refractivity contribution in [2.24, 2.45) is 5.92 Å². The Morgan fingerprint density at radius 3 is 2.17 bits per heavy atom. The smallest absolute Gasteiger partial charge is 0.326 e. The van der Waals surface area contributed by atoms with E-state index < -0.39 is 18.0 Å². The van der Waals surface area contributed by atoms with Crippen molar-refractivity contribution in [2.75, 3.05) is 0 Å². The average molecular weight is 256 g/mol. The van der Waals surface area contributed by atoms with Crippen LogP contribution in [-0.4, -0.2) is 40.4 Å². The highest BCUT2D eigenvalue weighted by molar-refractivity contribution is 5.83. The summed E-state index contributed by atoms with van der Waals surface area (Å²) in [5.74, 6) is -0.881. The van der Waals surface area contributed by atoms with E-state index in [2.05, 4.69) is 10.6 Å². The lowest BCUT2D eigenvalue weighted by Crippen LogP contribution is -2.50. The van der Waals surface area contributed by atoms with E-state index in [-0.39, 0.29) is 18.1 Å². The molecule has 0 saturated heterocycles. The third-order valence-corrected chi connectivity index (χ3v) is 3.68. The van der Waals surface area contributed by atoms with Crippen molar-refractivity contribution in [1.82, 2.24) is 10.6 Å². The van der Waals surface area contributed by atoms with Gasteiger partial charge in [0.25, 0.3) is 0 Å². The number of aliphatic carboxylic acids is 1. The zero-order chi connectivity index (χ0) is 13.1. The first-order valence-electron chi connectivity index (χ1n) is 6.54. The van der Waals surface area contributed by atoms with Crippen LogP contribution in [-0.2, 0) is 4.79 Å². The molecule has 0 aliphatic heterocycles. The summed E-state index contributed by atoms with van der Waals surface area (Å²) in [7, 11) is 0. The van der Waals surface area contributed by atoms with Gasteiger partial charge in [-0.1, -0.05) is 0 Å². The maximum absolute atomic E-state index is 11.7. The van der Waals surface area contributed by atoms with Gasteiger partial charge >= 0.3 is 12.0 Å². The number of carbonyl (C=O) groups excluding carboxylic acids is 1. The summed E-state index contributed by atoms with van der Waals surface area (Å²) in [6.45, 7) is 0. The molecule has 18 heavy (non-hydrogen) atoms. The van der Waals surface area contributed by atoms with Crippen molar-refractivity contribution in [1.29, 1.82) is 0 Å². The largest absolute Gasteiger partial charge is 0.480 e.